The summed E-state index contributed by atoms with van der Waals surface area (Å²) >= 11 is 0. The zero-order chi connectivity index (χ0) is 15.8. The topological polar surface area (TPSA) is 63.4 Å². The van der Waals surface area contributed by atoms with Crippen molar-refractivity contribution in [2.24, 2.45) is 11.8 Å². The number of rotatable bonds is 3. The molecule has 0 spiro atoms. The third-order valence-electron chi connectivity index (χ3n) is 4.68. The Kier molecular flexibility index (Phi) is 4.63. The second-order valence-electron chi connectivity index (χ2n) is 6.41. The summed E-state index contributed by atoms with van der Waals surface area (Å²) in [6, 6.07) is 3.56. The zero-order valence-corrected chi connectivity index (χ0v) is 14.2. The van der Waals surface area contributed by atoms with E-state index in [0.29, 0.717) is 41.1 Å². The quantitative estimate of drug-likeness (QED) is 0.873. The summed E-state index contributed by atoms with van der Waals surface area (Å²) in [4.78, 5) is 0.394. The second-order valence-corrected chi connectivity index (χ2v) is 8.29. The van der Waals surface area contributed by atoms with Crippen molar-refractivity contribution >= 4 is 15.7 Å². The fourth-order valence-corrected chi connectivity index (χ4v) is 5.08. The lowest BCUT2D eigenvalue weighted by atomic mass is 9.87. The van der Waals surface area contributed by atoms with E-state index in [-0.39, 0.29) is 0 Å². The van der Waals surface area contributed by atoms with Gasteiger partial charge in [0.25, 0.3) is 0 Å². The number of nitrogens with zero attached hydrogens (tertiary/aromatic N) is 1. The van der Waals surface area contributed by atoms with Gasteiger partial charge in [-0.3, -0.25) is 0 Å². The predicted molar refractivity (Wildman–Crippen MR) is 86.6 cm³/mol. The zero-order valence-electron chi connectivity index (χ0n) is 13.4. The van der Waals surface area contributed by atoms with Gasteiger partial charge in [-0.1, -0.05) is 19.9 Å². The van der Waals surface area contributed by atoms with Gasteiger partial charge >= 0.3 is 0 Å². The molecular formula is C16H26N2O2S. The molecule has 1 aliphatic heterocycles. The molecule has 1 saturated heterocycles. The highest BCUT2D eigenvalue weighted by atomic mass is 32.2. The van der Waals surface area contributed by atoms with E-state index in [1.165, 1.54) is 0 Å². The average molecular weight is 310 g/mol. The molecule has 0 saturated carbocycles. The maximum atomic E-state index is 12.9. The van der Waals surface area contributed by atoms with Gasteiger partial charge in [-0.15, -0.1) is 0 Å². The first kappa shape index (κ1) is 16.3. The van der Waals surface area contributed by atoms with Crippen molar-refractivity contribution in [3.05, 3.63) is 23.3 Å². The van der Waals surface area contributed by atoms with Crippen LogP contribution in [0, 0.1) is 25.7 Å². The minimum atomic E-state index is -3.44. The molecule has 1 heterocycles. The number of aryl methyl sites for hydroxylation is 1. The lowest BCUT2D eigenvalue weighted by Crippen LogP contribution is -2.40. The molecule has 0 bridgehead atoms. The standard InChI is InChI=1S/C16H26N2O2S/c1-11(2)14-7-9-18(10-8-14)21(19,20)16-12(3)5-6-15(17)13(16)4/h5-6,11,14H,7-10,17H2,1-4H3. The van der Waals surface area contributed by atoms with Gasteiger partial charge in [0.2, 0.25) is 10.0 Å². The number of sulfonamides is 1. The fraction of sp³-hybridized carbons (Fsp3) is 0.625. The summed E-state index contributed by atoms with van der Waals surface area (Å²) < 4.78 is 27.5. The van der Waals surface area contributed by atoms with Crippen molar-refractivity contribution in [2.45, 2.75) is 45.4 Å². The molecule has 1 aromatic rings. The number of piperidine rings is 1. The van der Waals surface area contributed by atoms with Crippen LogP contribution in [0.1, 0.15) is 37.8 Å². The smallest absolute Gasteiger partial charge is 0.243 e. The van der Waals surface area contributed by atoms with Crippen molar-refractivity contribution in [1.82, 2.24) is 4.31 Å². The van der Waals surface area contributed by atoms with Crippen molar-refractivity contribution in [2.75, 3.05) is 18.8 Å². The summed E-state index contributed by atoms with van der Waals surface area (Å²) in [7, 11) is -3.44. The van der Waals surface area contributed by atoms with Gasteiger partial charge in [0.1, 0.15) is 0 Å². The normalized spacial score (nSPS) is 18.3. The van der Waals surface area contributed by atoms with E-state index < -0.39 is 10.0 Å². The summed E-state index contributed by atoms with van der Waals surface area (Å²) in [6.07, 6.45) is 1.88. The van der Waals surface area contributed by atoms with Crippen LogP contribution in [0.2, 0.25) is 0 Å². The Balaban J connectivity index is 2.30. The highest BCUT2D eigenvalue weighted by Gasteiger charge is 2.32. The van der Waals surface area contributed by atoms with E-state index in [9.17, 15) is 8.42 Å². The third-order valence-corrected chi connectivity index (χ3v) is 6.87. The van der Waals surface area contributed by atoms with Gasteiger partial charge in [0.05, 0.1) is 4.90 Å². The summed E-state index contributed by atoms with van der Waals surface area (Å²) in [5.74, 6) is 1.24. The molecular weight excluding hydrogens is 284 g/mol. The van der Waals surface area contributed by atoms with E-state index in [1.807, 2.05) is 6.92 Å². The van der Waals surface area contributed by atoms with Gasteiger partial charge in [-0.25, -0.2) is 8.42 Å². The molecule has 0 radical (unpaired) electrons. The first-order chi connectivity index (χ1) is 9.75. The van der Waals surface area contributed by atoms with Crippen LogP contribution in [0.4, 0.5) is 5.69 Å². The minimum absolute atomic E-state index is 0.394. The molecule has 0 aromatic heterocycles. The minimum Gasteiger partial charge on any atom is -0.398 e. The third kappa shape index (κ3) is 3.09. The Labute approximate surface area is 128 Å². The lowest BCUT2D eigenvalue weighted by Gasteiger charge is -2.33. The highest BCUT2D eigenvalue weighted by molar-refractivity contribution is 7.89. The van der Waals surface area contributed by atoms with Crippen LogP contribution in [0.25, 0.3) is 0 Å². The van der Waals surface area contributed by atoms with Crippen LogP contribution in [0.5, 0.6) is 0 Å². The van der Waals surface area contributed by atoms with Crippen molar-refractivity contribution in [1.29, 1.82) is 0 Å². The van der Waals surface area contributed by atoms with Crippen molar-refractivity contribution in [3.63, 3.8) is 0 Å². The number of nitrogen functional groups attached to an aromatic ring is 1. The largest absolute Gasteiger partial charge is 0.398 e. The van der Waals surface area contributed by atoms with Crippen molar-refractivity contribution in [3.8, 4) is 0 Å². The first-order valence-electron chi connectivity index (χ1n) is 7.61. The van der Waals surface area contributed by atoms with Crippen LogP contribution in [0.3, 0.4) is 0 Å². The second kappa shape index (κ2) is 5.97. The van der Waals surface area contributed by atoms with Crippen LogP contribution in [-0.4, -0.2) is 25.8 Å². The monoisotopic (exact) mass is 310 g/mol. The Morgan fingerprint density at radius 2 is 1.76 bits per heavy atom. The number of benzene rings is 1. The van der Waals surface area contributed by atoms with Gasteiger partial charge in [0.15, 0.2) is 0 Å². The number of hydrogen-bond acceptors (Lipinski definition) is 3. The van der Waals surface area contributed by atoms with E-state index >= 15 is 0 Å². The molecule has 4 nitrogen and oxygen atoms in total. The molecule has 0 unspecified atom stereocenters. The van der Waals surface area contributed by atoms with E-state index in [0.717, 1.165) is 18.4 Å². The molecule has 0 aliphatic carbocycles. The van der Waals surface area contributed by atoms with E-state index in [1.54, 1.807) is 23.4 Å². The molecule has 2 N–H and O–H groups in total. The van der Waals surface area contributed by atoms with Gasteiger partial charge in [-0.05, 0) is 55.7 Å². The van der Waals surface area contributed by atoms with Crippen LogP contribution >= 0.6 is 0 Å². The van der Waals surface area contributed by atoms with Gasteiger partial charge in [-0.2, -0.15) is 4.31 Å². The van der Waals surface area contributed by atoms with Gasteiger partial charge in [0, 0.05) is 18.8 Å². The highest BCUT2D eigenvalue weighted by Crippen LogP contribution is 2.32. The maximum absolute atomic E-state index is 12.9. The maximum Gasteiger partial charge on any atom is 0.243 e. The molecule has 1 aliphatic rings. The Hall–Kier alpha value is -1.07. The Bertz CT molecular complexity index is 615. The van der Waals surface area contributed by atoms with E-state index in [4.69, 9.17) is 5.73 Å². The number of anilines is 1. The Morgan fingerprint density at radius 3 is 2.29 bits per heavy atom. The van der Waals surface area contributed by atoms with Gasteiger partial charge < -0.3 is 5.73 Å². The van der Waals surface area contributed by atoms with E-state index in [2.05, 4.69) is 13.8 Å². The molecule has 2 rings (SSSR count). The molecule has 0 atom stereocenters. The molecule has 5 heteroatoms. The molecule has 118 valence electrons. The SMILES string of the molecule is Cc1ccc(N)c(C)c1S(=O)(=O)N1CCC(C(C)C)CC1. The fourth-order valence-electron chi connectivity index (χ4n) is 3.15. The van der Waals surface area contributed by atoms with Crippen LogP contribution < -0.4 is 5.73 Å². The molecule has 1 aromatic carbocycles. The first-order valence-corrected chi connectivity index (χ1v) is 9.05. The number of hydrogen-bond donors (Lipinski definition) is 1. The number of nitrogens with two attached hydrogens (primary N) is 1. The van der Waals surface area contributed by atoms with Crippen molar-refractivity contribution < 1.29 is 8.42 Å². The summed E-state index contributed by atoms with van der Waals surface area (Å²) in [5.41, 5.74) is 7.87. The van der Waals surface area contributed by atoms with Crippen LogP contribution in [0.15, 0.2) is 17.0 Å². The molecule has 1 fully saturated rings. The molecule has 0 amide bonds. The summed E-state index contributed by atoms with van der Waals surface area (Å²) in [6.45, 7) is 9.26. The lowest BCUT2D eigenvalue weighted by molar-refractivity contribution is 0.226. The Morgan fingerprint density at radius 1 is 1.19 bits per heavy atom. The predicted octanol–water partition coefficient (Wildman–Crippen LogP) is 2.94. The average Bonchev–Trinajstić information content (AvgIpc) is 2.43. The molecule has 21 heavy (non-hydrogen) atoms. The summed E-state index contributed by atoms with van der Waals surface area (Å²) in [5, 5.41) is 0. The van der Waals surface area contributed by atoms with Crippen LogP contribution in [-0.2, 0) is 10.0 Å².